The Morgan fingerprint density at radius 1 is 1.35 bits per heavy atom. The van der Waals surface area contributed by atoms with Crippen molar-refractivity contribution in [3.8, 4) is 0 Å². The van der Waals surface area contributed by atoms with E-state index in [4.69, 9.17) is 5.11 Å². The molecule has 1 aliphatic heterocycles. The molecule has 1 saturated carbocycles. The molecule has 1 aromatic heterocycles. The first-order chi connectivity index (χ1) is 9.61. The van der Waals surface area contributed by atoms with Gasteiger partial charge in [-0.15, -0.1) is 0 Å². The average molecular weight is 276 g/mol. The van der Waals surface area contributed by atoms with Crippen LogP contribution in [-0.2, 0) is 0 Å². The Bertz CT molecular complexity index is 520. The molecule has 2 heterocycles. The number of aromatic nitrogens is 1. The van der Waals surface area contributed by atoms with E-state index in [1.54, 1.807) is 6.07 Å². The predicted octanol–water partition coefficient (Wildman–Crippen LogP) is 1.91. The van der Waals surface area contributed by atoms with Gasteiger partial charge in [0.1, 0.15) is 5.82 Å². The summed E-state index contributed by atoms with van der Waals surface area (Å²) >= 11 is 0. The number of aromatic carboxylic acids is 1. The fraction of sp³-hybridized carbons (Fsp3) is 0.600. The highest BCUT2D eigenvalue weighted by atomic mass is 16.4. The minimum Gasteiger partial charge on any atom is -0.477 e. The minimum atomic E-state index is -1.00. The van der Waals surface area contributed by atoms with Crippen LogP contribution in [0.15, 0.2) is 18.2 Å². The van der Waals surface area contributed by atoms with Crippen LogP contribution < -0.4 is 4.90 Å². The molecule has 1 aliphatic carbocycles. The second-order valence-corrected chi connectivity index (χ2v) is 5.98. The molecule has 20 heavy (non-hydrogen) atoms. The molecular formula is C15H20N2O3. The molecule has 1 aromatic rings. The molecule has 0 radical (unpaired) electrons. The lowest BCUT2D eigenvalue weighted by atomic mass is 9.77. The molecule has 2 atom stereocenters. The van der Waals surface area contributed by atoms with Crippen LogP contribution in [0.2, 0.25) is 0 Å². The number of anilines is 1. The van der Waals surface area contributed by atoms with Gasteiger partial charge in [-0.25, -0.2) is 9.78 Å². The zero-order chi connectivity index (χ0) is 14.2. The molecule has 0 bridgehead atoms. The van der Waals surface area contributed by atoms with E-state index in [0.29, 0.717) is 5.82 Å². The molecule has 0 aromatic carbocycles. The van der Waals surface area contributed by atoms with Gasteiger partial charge in [-0.3, -0.25) is 0 Å². The Kier molecular flexibility index (Phi) is 3.38. The van der Waals surface area contributed by atoms with Gasteiger partial charge in [-0.05, 0) is 37.8 Å². The highest BCUT2D eigenvalue weighted by Gasteiger charge is 2.44. The number of aliphatic hydroxyl groups excluding tert-OH is 1. The molecule has 2 fully saturated rings. The highest BCUT2D eigenvalue weighted by molar-refractivity contribution is 5.85. The van der Waals surface area contributed by atoms with Crippen LogP contribution >= 0.6 is 0 Å². The number of hydrogen-bond donors (Lipinski definition) is 2. The van der Waals surface area contributed by atoms with Crippen molar-refractivity contribution in [1.29, 1.82) is 0 Å². The number of carboxylic acid groups (broad SMARTS) is 1. The number of piperidine rings is 1. The molecule has 1 spiro atoms. The molecule has 5 nitrogen and oxygen atoms in total. The Balaban J connectivity index is 1.83. The SMILES string of the molecule is O=C(O)c1cccc(N2CCC[C@@]3(CCC[C@H]3O)C2)n1. The zero-order valence-corrected chi connectivity index (χ0v) is 11.5. The first kappa shape index (κ1) is 13.4. The topological polar surface area (TPSA) is 73.7 Å². The number of pyridine rings is 1. The highest BCUT2D eigenvalue weighted by Crippen LogP contribution is 2.45. The number of aliphatic hydroxyl groups is 1. The van der Waals surface area contributed by atoms with Gasteiger partial charge in [0.2, 0.25) is 0 Å². The van der Waals surface area contributed by atoms with Crippen molar-refractivity contribution in [2.45, 2.75) is 38.2 Å². The van der Waals surface area contributed by atoms with Crippen LogP contribution in [0.25, 0.3) is 0 Å². The molecule has 108 valence electrons. The van der Waals surface area contributed by atoms with Crippen molar-refractivity contribution in [3.05, 3.63) is 23.9 Å². The largest absolute Gasteiger partial charge is 0.477 e. The van der Waals surface area contributed by atoms with Gasteiger partial charge in [0.15, 0.2) is 5.69 Å². The molecule has 1 saturated heterocycles. The van der Waals surface area contributed by atoms with E-state index in [1.165, 1.54) is 6.07 Å². The van der Waals surface area contributed by atoms with Gasteiger partial charge in [0.25, 0.3) is 0 Å². The van der Waals surface area contributed by atoms with E-state index in [1.807, 2.05) is 6.07 Å². The van der Waals surface area contributed by atoms with Gasteiger partial charge >= 0.3 is 5.97 Å². The summed E-state index contributed by atoms with van der Waals surface area (Å²) in [5.74, 6) is -0.289. The van der Waals surface area contributed by atoms with Crippen LogP contribution in [0.1, 0.15) is 42.6 Å². The van der Waals surface area contributed by atoms with Crippen molar-refractivity contribution in [3.63, 3.8) is 0 Å². The summed E-state index contributed by atoms with van der Waals surface area (Å²) in [7, 11) is 0. The van der Waals surface area contributed by atoms with E-state index in [2.05, 4.69) is 9.88 Å². The van der Waals surface area contributed by atoms with E-state index in [0.717, 1.165) is 45.2 Å². The third kappa shape index (κ3) is 2.26. The van der Waals surface area contributed by atoms with Crippen LogP contribution in [0.4, 0.5) is 5.82 Å². The lowest BCUT2D eigenvalue weighted by Crippen LogP contribution is -2.47. The molecule has 3 rings (SSSR count). The monoisotopic (exact) mass is 276 g/mol. The quantitative estimate of drug-likeness (QED) is 0.863. The Hall–Kier alpha value is -1.62. The predicted molar refractivity (Wildman–Crippen MR) is 74.9 cm³/mol. The average Bonchev–Trinajstić information content (AvgIpc) is 2.80. The number of carboxylic acids is 1. The third-order valence-corrected chi connectivity index (χ3v) is 4.75. The maximum absolute atomic E-state index is 11.0. The van der Waals surface area contributed by atoms with Gasteiger partial charge in [-0.2, -0.15) is 0 Å². The van der Waals surface area contributed by atoms with Crippen LogP contribution in [0.5, 0.6) is 0 Å². The number of rotatable bonds is 2. The van der Waals surface area contributed by atoms with Crippen LogP contribution in [0, 0.1) is 5.41 Å². The van der Waals surface area contributed by atoms with Crippen molar-refractivity contribution in [2.24, 2.45) is 5.41 Å². The lowest BCUT2D eigenvalue weighted by molar-refractivity contribution is 0.0407. The Labute approximate surface area is 118 Å². The maximum Gasteiger partial charge on any atom is 0.354 e. The fourth-order valence-electron chi connectivity index (χ4n) is 3.67. The lowest BCUT2D eigenvalue weighted by Gasteiger charge is -2.43. The van der Waals surface area contributed by atoms with E-state index >= 15 is 0 Å². The second kappa shape index (κ2) is 5.05. The van der Waals surface area contributed by atoms with Gasteiger partial charge < -0.3 is 15.1 Å². The summed E-state index contributed by atoms with van der Waals surface area (Å²) < 4.78 is 0. The third-order valence-electron chi connectivity index (χ3n) is 4.75. The molecular weight excluding hydrogens is 256 g/mol. The summed E-state index contributed by atoms with van der Waals surface area (Å²) in [6.07, 6.45) is 4.88. The first-order valence-electron chi connectivity index (χ1n) is 7.24. The summed E-state index contributed by atoms with van der Waals surface area (Å²) in [6.45, 7) is 1.66. The standard InChI is InChI=1S/C15H20N2O3/c18-12-5-2-7-15(12)8-3-9-17(10-15)13-6-1-4-11(16-13)14(19)20/h1,4,6,12,18H,2-3,5,7-10H2,(H,19,20)/t12-,15+/m1/s1. The zero-order valence-electron chi connectivity index (χ0n) is 11.5. The summed E-state index contributed by atoms with van der Waals surface area (Å²) in [6, 6.07) is 5.10. The van der Waals surface area contributed by atoms with E-state index in [-0.39, 0.29) is 17.2 Å². The number of nitrogens with zero attached hydrogens (tertiary/aromatic N) is 2. The first-order valence-corrected chi connectivity index (χ1v) is 7.24. The maximum atomic E-state index is 11.0. The van der Waals surface area contributed by atoms with Crippen molar-refractivity contribution >= 4 is 11.8 Å². The van der Waals surface area contributed by atoms with Gasteiger partial charge in [0.05, 0.1) is 6.10 Å². The minimum absolute atomic E-state index is 0.0147. The summed E-state index contributed by atoms with van der Waals surface area (Å²) in [5.41, 5.74) is 0.0631. The van der Waals surface area contributed by atoms with E-state index < -0.39 is 5.97 Å². The molecule has 0 amide bonds. The molecule has 5 heteroatoms. The van der Waals surface area contributed by atoms with Gasteiger partial charge in [0, 0.05) is 18.5 Å². The van der Waals surface area contributed by atoms with E-state index in [9.17, 15) is 9.90 Å². The number of carbonyl (C=O) groups is 1. The Morgan fingerprint density at radius 2 is 2.15 bits per heavy atom. The van der Waals surface area contributed by atoms with Crippen LogP contribution in [0.3, 0.4) is 0 Å². The normalized spacial score (nSPS) is 29.9. The molecule has 2 N–H and O–H groups in total. The van der Waals surface area contributed by atoms with Crippen molar-refractivity contribution < 1.29 is 15.0 Å². The molecule has 0 unspecified atom stereocenters. The fourth-order valence-corrected chi connectivity index (χ4v) is 3.67. The van der Waals surface area contributed by atoms with Crippen molar-refractivity contribution in [2.75, 3.05) is 18.0 Å². The smallest absolute Gasteiger partial charge is 0.354 e. The van der Waals surface area contributed by atoms with Crippen LogP contribution in [-0.4, -0.2) is 40.4 Å². The number of hydrogen-bond acceptors (Lipinski definition) is 4. The summed E-state index contributed by atoms with van der Waals surface area (Å²) in [4.78, 5) is 17.4. The Morgan fingerprint density at radius 3 is 2.85 bits per heavy atom. The molecule has 2 aliphatic rings. The van der Waals surface area contributed by atoms with Crippen molar-refractivity contribution in [1.82, 2.24) is 4.98 Å². The second-order valence-electron chi connectivity index (χ2n) is 5.98. The van der Waals surface area contributed by atoms with Gasteiger partial charge in [-0.1, -0.05) is 12.5 Å². The summed E-state index contributed by atoms with van der Waals surface area (Å²) in [5, 5.41) is 19.3.